The monoisotopic (exact) mass is 1650 g/mol. The summed E-state index contributed by atoms with van der Waals surface area (Å²) in [6, 6.07) is 68.0. The molecule has 7 aromatic heterocycles. The minimum absolute atomic E-state index is 0.0672. The van der Waals surface area contributed by atoms with Gasteiger partial charge >= 0.3 is 5.97 Å². The first kappa shape index (κ1) is 84.5. The second-order valence-electron chi connectivity index (χ2n) is 31.2. The topological polar surface area (TPSA) is 259 Å². The highest BCUT2D eigenvalue weighted by Gasteiger charge is 2.29. The van der Waals surface area contributed by atoms with Gasteiger partial charge in [-0.1, -0.05) is 129 Å². The number of para-hydroxylation sites is 3. The van der Waals surface area contributed by atoms with E-state index >= 15 is 0 Å². The molecule has 0 radical (unpaired) electrons. The van der Waals surface area contributed by atoms with E-state index in [-0.39, 0.29) is 40.8 Å². The Labute approximate surface area is 710 Å². The Morgan fingerprint density at radius 2 is 0.868 bits per heavy atom. The number of ether oxygens (including phenoxy) is 1. The Balaban J connectivity index is 0.000000132. The lowest BCUT2D eigenvalue weighted by Gasteiger charge is -2.25. The third-order valence-electron chi connectivity index (χ3n) is 21.0. The van der Waals surface area contributed by atoms with E-state index < -0.39 is 11.9 Å². The summed E-state index contributed by atoms with van der Waals surface area (Å²) in [6.45, 7) is 22.2. The fourth-order valence-corrected chi connectivity index (χ4v) is 15.1. The fraction of sp³-hybridized carbons (Fsp3) is 0.258. The summed E-state index contributed by atoms with van der Waals surface area (Å²) < 4.78 is 37.1. The first-order chi connectivity index (χ1) is 58.3. The summed E-state index contributed by atoms with van der Waals surface area (Å²) in [5, 5.41) is 3.20. The van der Waals surface area contributed by atoms with E-state index in [1.54, 1.807) is 48.5 Å². The van der Waals surface area contributed by atoms with Gasteiger partial charge in [-0.05, 0) is 213 Å². The summed E-state index contributed by atoms with van der Waals surface area (Å²) in [5.74, 6) is 5.86. The molecule has 21 nitrogen and oxygen atoms in total. The number of primary amides is 1. The Kier molecular flexibility index (Phi) is 26.2. The van der Waals surface area contributed by atoms with Crippen LogP contribution in [0.25, 0.3) is 123 Å². The van der Waals surface area contributed by atoms with E-state index in [0.29, 0.717) is 107 Å². The Bertz CT molecular complexity index is 6370. The van der Waals surface area contributed by atoms with Crippen molar-refractivity contribution < 1.29 is 41.6 Å². The number of aromatic nitrogens is 8. The average molecular weight is 1660 g/mol. The van der Waals surface area contributed by atoms with Gasteiger partial charge in [0.1, 0.15) is 51.9 Å². The molecule has 24 heteroatoms. The third kappa shape index (κ3) is 19.5. The predicted molar refractivity (Wildman–Crippen MR) is 489 cm³/mol. The maximum absolute atomic E-state index is 13.3. The number of amides is 1. The zero-order valence-electron chi connectivity index (χ0n) is 70.0. The summed E-state index contributed by atoms with van der Waals surface area (Å²) in [4.78, 5) is 96.6. The van der Waals surface area contributed by atoms with Crippen LogP contribution >= 0.6 is 23.5 Å². The molecule has 16 aromatic rings. The molecule has 1 saturated heterocycles. The van der Waals surface area contributed by atoms with Crippen LogP contribution in [0, 0.1) is 11.7 Å². The number of esters is 1. The molecule has 17 rings (SSSR count). The quantitative estimate of drug-likeness (QED) is 0.0656. The highest BCUT2D eigenvalue weighted by molar-refractivity contribution is 8.14. The van der Waals surface area contributed by atoms with Crippen molar-refractivity contribution in [1.29, 1.82) is 0 Å². The van der Waals surface area contributed by atoms with Crippen molar-refractivity contribution >= 4 is 146 Å². The molecule has 1 fully saturated rings. The van der Waals surface area contributed by atoms with Crippen LogP contribution in [0.1, 0.15) is 135 Å². The summed E-state index contributed by atoms with van der Waals surface area (Å²) in [5.41, 5.74) is 20.0. The highest BCUT2D eigenvalue weighted by atomic mass is 32.2. The number of carbonyl (C=O) groups is 4. The smallest absolute Gasteiger partial charge is 0.338 e. The normalized spacial score (nSPS) is 12.7. The van der Waals surface area contributed by atoms with Crippen molar-refractivity contribution in [2.75, 3.05) is 58.8 Å². The molecule has 0 spiro atoms. The average Bonchev–Trinajstić information content (AvgIpc) is 1.72. The van der Waals surface area contributed by atoms with Crippen molar-refractivity contribution in [3.05, 3.63) is 252 Å². The van der Waals surface area contributed by atoms with Gasteiger partial charge in [-0.3, -0.25) is 14.4 Å². The van der Waals surface area contributed by atoms with E-state index in [9.17, 15) is 23.6 Å². The van der Waals surface area contributed by atoms with Gasteiger partial charge in [0.2, 0.25) is 16.1 Å². The van der Waals surface area contributed by atoms with Gasteiger partial charge in [-0.25, -0.2) is 49.1 Å². The van der Waals surface area contributed by atoms with Crippen molar-refractivity contribution in [1.82, 2.24) is 39.9 Å². The van der Waals surface area contributed by atoms with Crippen molar-refractivity contribution in [2.45, 2.75) is 119 Å². The number of carbonyl (C=O) groups excluding carboxylic acids is 4. The molecule has 616 valence electrons. The van der Waals surface area contributed by atoms with E-state index in [0.717, 1.165) is 116 Å². The summed E-state index contributed by atoms with van der Waals surface area (Å²) in [6.07, 6.45) is 3.14. The van der Waals surface area contributed by atoms with Crippen LogP contribution in [0.5, 0.6) is 0 Å². The van der Waals surface area contributed by atoms with Crippen LogP contribution in [0.2, 0.25) is 0 Å². The summed E-state index contributed by atoms with van der Waals surface area (Å²) >= 11 is 2.69. The molecule has 0 aliphatic carbocycles. The number of thioether (sulfide) groups is 2. The molecule has 0 unspecified atom stereocenters. The lowest BCUT2D eigenvalue weighted by Crippen LogP contribution is -2.28. The number of nitrogens with two attached hydrogens (primary N) is 1. The van der Waals surface area contributed by atoms with Crippen LogP contribution in [-0.4, -0.2) is 125 Å². The molecular formula is C97H96FN13O8S2. The number of furan rings is 3. The van der Waals surface area contributed by atoms with Gasteiger partial charge in [0, 0.05) is 102 Å². The maximum atomic E-state index is 13.3. The van der Waals surface area contributed by atoms with Crippen molar-refractivity contribution in [2.24, 2.45) is 11.7 Å². The summed E-state index contributed by atoms with van der Waals surface area (Å²) in [7, 11) is 5.98. The molecule has 1 atom stereocenters. The third-order valence-corrected chi connectivity index (χ3v) is 23.5. The molecule has 9 aromatic carbocycles. The van der Waals surface area contributed by atoms with Crippen LogP contribution in [0.15, 0.2) is 232 Å². The molecule has 1 aliphatic rings. The predicted octanol–water partition coefficient (Wildman–Crippen LogP) is 22.4. The second kappa shape index (κ2) is 37.6. The number of halogens is 1. The second-order valence-corrected chi connectivity index (χ2v) is 33.3. The van der Waals surface area contributed by atoms with Crippen LogP contribution < -0.4 is 25.3 Å². The van der Waals surface area contributed by atoms with Gasteiger partial charge in [0.25, 0.3) is 0 Å². The molecule has 2 N–H and O–H groups in total. The minimum atomic E-state index is -0.493. The molecule has 1 aliphatic heterocycles. The zero-order valence-corrected chi connectivity index (χ0v) is 71.7. The van der Waals surface area contributed by atoms with Gasteiger partial charge in [-0.15, -0.1) is 0 Å². The van der Waals surface area contributed by atoms with Gasteiger partial charge in [-0.2, -0.15) is 0 Å². The lowest BCUT2D eigenvalue weighted by molar-refractivity contribution is 0.0472. The highest BCUT2D eigenvalue weighted by Crippen LogP contribution is 2.40. The molecule has 8 heterocycles. The van der Waals surface area contributed by atoms with Crippen LogP contribution in [0.3, 0.4) is 0 Å². The van der Waals surface area contributed by atoms with Crippen molar-refractivity contribution in [3.63, 3.8) is 0 Å². The maximum Gasteiger partial charge on any atom is 0.338 e. The molecular weight excluding hydrogens is 1560 g/mol. The van der Waals surface area contributed by atoms with Crippen LogP contribution in [0.4, 0.5) is 27.7 Å². The first-order valence-corrected chi connectivity index (χ1v) is 42.6. The number of hydrogen-bond acceptors (Lipinski definition) is 22. The number of hydrogen-bond donors (Lipinski definition) is 1. The van der Waals surface area contributed by atoms with Gasteiger partial charge in [0.15, 0.2) is 40.6 Å². The molecule has 121 heavy (non-hydrogen) atoms. The van der Waals surface area contributed by atoms with Gasteiger partial charge in [0.05, 0.1) is 49.7 Å². The fourth-order valence-electron chi connectivity index (χ4n) is 13.6. The lowest BCUT2D eigenvalue weighted by atomic mass is 10.1. The number of benzene rings is 9. The van der Waals surface area contributed by atoms with E-state index in [1.165, 1.54) is 35.7 Å². The SMILES string of the molecule is CC(C)CSC(=O)c1ccc2nc(-c3cc4ccccc4o3)c(N(C)C(C)C)nc2c1.CC(C)N(C)c1nc2cc(C(=O)OCc3ccccc3)ccc2nc1-c1cc2ccccc2o1.CCCSC(=O)c1ccc2nc(-c3cc4ccccc4o3)c(N(C)C(C)C)nc2c1.C[C@H]1CCCN1c1nc2cc(C(N)=O)ccc2nc1-c1ccc(F)cc1. The van der Waals surface area contributed by atoms with Crippen molar-refractivity contribution in [3.8, 4) is 45.6 Å². The Morgan fingerprint density at radius 1 is 0.471 bits per heavy atom. The van der Waals surface area contributed by atoms with Gasteiger partial charge < -0.3 is 43.3 Å². The van der Waals surface area contributed by atoms with E-state index in [2.05, 4.69) is 88.8 Å². The number of nitrogens with zero attached hydrogens (tertiary/aromatic N) is 12. The standard InChI is InChI=1S/C28H25N3O3.C25H27N3O2S.C24H25N3O2S.C20H19FN4O/c1-18(2)31(3)27-26(25-16-20-11-7-8-12-24(20)34-25)29-22-14-13-21(15-23(22)30-27)28(32)33-17-19-9-5-4-6-10-19;1-15(2)14-31-25(29)18-10-11-19-20(12-18)27-24(28(5)16(3)4)23(26-19)22-13-17-8-6-7-9-21(17)30-22;1-5-12-30-24(28)17-10-11-18-19(13-17)26-23(27(4)15(2)3)22(25-18)21-14-16-8-6-7-9-20(16)29-21;1-12-3-2-10-25(12)20-18(13-4-7-15(21)8-5-13)23-16-9-6-14(19(22)26)11-17(16)24-20/h4-16,18H,17H2,1-3H3;6-13,15-16H,14H2,1-5H3;6-11,13-15H,5,12H2,1-4H3;4-9,11-12H,2-3,10H2,1H3,(H2,22,26)/t;;;12-/m...0/s1. The first-order valence-electron chi connectivity index (χ1n) is 40.6. The number of fused-ring (bicyclic) bond motifs is 7. The zero-order chi connectivity index (χ0) is 85.3. The number of rotatable bonds is 21. The molecule has 0 saturated carbocycles. The van der Waals surface area contributed by atoms with E-state index in [1.807, 2.05) is 179 Å². The molecule has 1 amide bonds. The van der Waals surface area contributed by atoms with E-state index in [4.69, 9.17) is 63.6 Å². The largest absolute Gasteiger partial charge is 0.457 e. The van der Waals surface area contributed by atoms with Crippen LogP contribution in [-0.2, 0) is 11.3 Å². The Hall–Kier alpha value is -12.9. The molecule has 0 bridgehead atoms. The Morgan fingerprint density at radius 3 is 1.28 bits per heavy atom. The minimum Gasteiger partial charge on any atom is -0.457 e. The number of anilines is 4.